The fourth-order valence-corrected chi connectivity index (χ4v) is 5.16. The molecule has 5 nitrogen and oxygen atoms in total. The SMILES string of the molecule is COC(=O)c1c(NC(=O)COc2ccccc2)sc2c1CCC(c1ccccc1)C2. The summed E-state index contributed by atoms with van der Waals surface area (Å²) in [6.07, 6.45) is 2.60. The Hall–Kier alpha value is -3.12. The second kappa shape index (κ2) is 9.13. The minimum Gasteiger partial charge on any atom is -0.484 e. The van der Waals surface area contributed by atoms with Crippen molar-refractivity contribution in [3.63, 3.8) is 0 Å². The van der Waals surface area contributed by atoms with E-state index in [9.17, 15) is 9.59 Å². The lowest BCUT2D eigenvalue weighted by molar-refractivity contribution is -0.118. The van der Waals surface area contributed by atoms with Gasteiger partial charge in [-0.15, -0.1) is 11.3 Å². The van der Waals surface area contributed by atoms with E-state index >= 15 is 0 Å². The molecule has 3 aromatic rings. The van der Waals surface area contributed by atoms with Crippen LogP contribution in [0.25, 0.3) is 0 Å². The smallest absolute Gasteiger partial charge is 0.341 e. The van der Waals surface area contributed by atoms with E-state index in [1.165, 1.54) is 24.0 Å². The van der Waals surface area contributed by atoms with Crippen LogP contribution in [0.2, 0.25) is 0 Å². The first-order chi connectivity index (χ1) is 14.7. The summed E-state index contributed by atoms with van der Waals surface area (Å²) < 4.78 is 10.5. The summed E-state index contributed by atoms with van der Waals surface area (Å²) in [5.41, 5.74) is 2.79. The first-order valence-electron chi connectivity index (χ1n) is 9.91. The van der Waals surface area contributed by atoms with Gasteiger partial charge in [-0.25, -0.2) is 4.79 Å². The highest BCUT2D eigenvalue weighted by Crippen LogP contribution is 2.42. The lowest BCUT2D eigenvalue weighted by atomic mass is 9.83. The van der Waals surface area contributed by atoms with Gasteiger partial charge in [-0.1, -0.05) is 48.5 Å². The van der Waals surface area contributed by atoms with Gasteiger partial charge in [0.25, 0.3) is 5.91 Å². The zero-order valence-corrected chi connectivity index (χ0v) is 17.5. The molecule has 1 aromatic heterocycles. The summed E-state index contributed by atoms with van der Waals surface area (Å²) in [4.78, 5) is 26.1. The normalized spacial score (nSPS) is 15.2. The van der Waals surface area contributed by atoms with Crippen molar-refractivity contribution >= 4 is 28.2 Å². The van der Waals surface area contributed by atoms with E-state index in [-0.39, 0.29) is 12.5 Å². The molecule has 0 radical (unpaired) electrons. The van der Waals surface area contributed by atoms with Crippen molar-refractivity contribution in [1.29, 1.82) is 0 Å². The third-order valence-electron chi connectivity index (χ3n) is 5.29. The van der Waals surface area contributed by atoms with Gasteiger partial charge in [0.2, 0.25) is 0 Å². The van der Waals surface area contributed by atoms with Gasteiger partial charge in [0, 0.05) is 4.88 Å². The van der Waals surface area contributed by atoms with Crippen LogP contribution in [-0.4, -0.2) is 25.6 Å². The Kier molecular flexibility index (Phi) is 6.14. The quantitative estimate of drug-likeness (QED) is 0.580. The summed E-state index contributed by atoms with van der Waals surface area (Å²) in [6, 6.07) is 19.6. The third kappa shape index (κ3) is 4.39. The van der Waals surface area contributed by atoms with Gasteiger partial charge < -0.3 is 14.8 Å². The van der Waals surface area contributed by atoms with Crippen molar-refractivity contribution in [2.24, 2.45) is 0 Å². The molecule has 154 valence electrons. The van der Waals surface area contributed by atoms with Gasteiger partial charge in [0.05, 0.1) is 12.7 Å². The number of amides is 1. The molecular weight excluding hydrogens is 398 g/mol. The zero-order valence-electron chi connectivity index (χ0n) is 16.7. The molecular formula is C24H23NO4S. The molecule has 4 rings (SSSR count). The molecule has 1 atom stereocenters. The maximum atomic E-state index is 12.5. The molecule has 30 heavy (non-hydrogen) atoms. The van der Waals surface area contributed by atoms with Gasteiger partial charge in [-0.05, 0) is 48.4 Å². The summed E-state index contributed by atoms with van der Waals surface area (Å²) >= 11 is 1.47. The van der Waals surface area contributed by atoms with E-state index in [0.717, 1.165) is 29.7 Å². The van der Waals surface area contributed by atoms with Crippen molar-refractivity contribution in [2.75, 3.05) is 19.0 Å². The Morgan fingerprint density at radius 3 is 2.47 bits per heavy atom. The van der Waals surface area contributed by atoms with Gasteiger partial charge in [-0.3, -0.25) is 4.79 Å². The lowest BCUT2D eigenvalue weighted by Crippen LogP contribution is -2.21. The molecule has 0 aliphatic heterocycles. The molecule has 2 aromatic carbocycles. The molecule has 0 bridgehead atoms. The van der Waals surface area contributed by atoms with E-state index in [1.54, 1.807) is 12.1 Å². The van der Waals surface area contributed by atoms with E-state index < -0.39 is 5.97 Å². The first kappa shape index (κ1) is 20.2. The molecule has 1 heterocycles. The average Bonchev–Trinajstić information content (AvgIpc) is 3.15. The summed E-state index contributed by atoms with van der Waals surface area (Å²) in [7, 11) is 1.37. The fourth-order valence-electron chi connectivity index (χ4n) is 3.83. The monoisotopic (exact) mass is 421 g/mol. The van der Waals surface area contributed by atoms with Crippen LogP contribution in [0.4, 0.5) is 5.00 Å². The lowest BCUT2D eigenvalue weighted by Gasteiger charge is -2.22. The van der Waals surface area contributed by atoms with Crippen LogP contribution in [0.5, 0.6) is 5.75 Å². The number of anilines is 1. The number of methoxy groups -OCH3 is 1. The van der Waals surface area contributed by atoms with Crippen LogP contribution < -0.4 is 10.1 Å². The van der Waals surface area contributed by atoms with Crippen molar-refractivity contribution in [3.8, 4) is 5.75 Å². The van der Waals surface area contributed by atoms with E-state index in [0.29, 0.717) is 22.2 Å². The standard InChI is InChI=1S/C24H23NO4S/c1-28-24(27)22-19-13-12-17(16-8-4-2-5-9-16)14-20(19)30-23(22)25-21(26)15-29-18-10-6-3-7-11-18/h2-11,17H,12-15H2,1H3,(H,25,26). The Morgan fingerprint density at radius 2 is 1.77 bits per heavy atom. The maximum absolute atomic E-state index is 12.5. The van der Waals surface area contributed by atoms with Crippen molar-refractivity contribution < 1.29 is 19.1 Å². The van der Waals surface area contributed by atoms with Crippen molar-refractivity contribution in [2.45, 2.75) is 25.2 Å². The minimum atomic E-state index is -0.412. The van der Waals surface area contributed by atoms with Gasteiger partial charge in [0.1, 0.15) is 10.8 Å². The van der Waals surface area contributed by atoms with Crippen LogP contribution in [0, 0.1) is 0 Å². The van der Waals surface area contributed by atoms with Crippen molar-refractivity contribution in [1.82, 2.24) is 0 Å². The van der Waals surface area contributed by atoms with Crippen LogP contribution in [0.1, 0.15) is 38.7 Å². The van der Waals surface area contributed by atoms with E-state index in [2.05, 4.69) is 29.6 Å². The van der Waals surface area contributed by atoms with Crippen LogP contribution in [0.15, 0.2) is 60.7 Å². The number of hydrogen-bond donors (Lipinski definition) is 1. The topological polar surface area (TPSA) is 64.6 Å². The highest BCUT2D eigenvalue weighted by atomic mass is 32.1. The number of para-hydroxylation sites is 1. The molecule has 0 saturated carbocycles. The number of ether oxygens (including phenoxy) is 2. The maximum Gasteiger partial charge on any atom is 0.341 e. The van der Waals surface area contributed by atoms with Gasteiger partial charge in [0.15, 0.2) is 6.61 Å². The number of nitrogens with one attached hydrogen (secondary N) is 1. The fraction of sp³-hybridized carbons (Fsp3) is 0.250. The zero-order chi connectivity index (χ0) is 20.9. The Morgan fingerprint density at radius 1 is 1.07 bits per heavy atom. The third-order valence-corrected chi connectivity index (χ3v) is 6.46. The second-order valence-electron chi connectivity index (χ2n) is 7.20. The molecule has 1 unspecified atom stereocenters. The summed E-state index contributed by atoms with van der Waals surface area (Å²) in [6.45, 7) is -0.125. The van der Waals surface area contributed by atoms with Crippen molar-refractivity contribution in [3.05, 3.63) is 82.2 Å². The number of carbonyl (C=O) groups excluding carboxylic acids is 2. The predicted octanol–water partition coefficient (Wildman–Crippen LogP) is 4.82. The minimum absolute atomic E-state index is 0.125. The number of carbonyl (C=O) groups is 2. The van der Waals surface area contributed by atoms with Crippen LogP contribution in [-0.2, 0) is 22.4 Å². The van der Waals surface area contributed by atoms with Gasteiger partial charge >= 0.3 is 5.97 Å². The predicted molar refractivity (Wildman–Crippen MR) is 117 cm³/mol. The summed E-state index contributed by atoms with van der Waals surface area (Å²) in [5, 5.41) is 3.41. The molecule has 0 fully saturated rings. The number of hydrogen-bond acceptors (Lipinski definition) is 5. The molecule has 1 aliphatic rings. The largest absolute Gasteiger partial charge is 0.484 e. The molecule has 0 spiro atoms. The molecule has 1 N–H and O–H groups in total. The molecule has 6 heteroatoms. The van der Waals surface area contributed by atoms with Gasteiger partial charge in [-0.2, -0.15) is 0 Å². The molecule has 1 aliphatic carbocycles. The van der Waals surface area contributed by atoms with E-state index in [4.69, 9.17) is 9.47 Å². The summed E-state index contributed by atoms with van der Waals surface area (Å²) in [5.74, 6) is 0.317. The first-order valence-corrected chi connectivity index (χ1v) is 10.7. The highest BCUT2D eigenvalue weighted by Gasteiger charge is 2.30. The number of esters is 1. The number of rotatable bonds is 6. The Balaban J connectivity index is 1.52. The second-order valence-corrected chi connectivity index (χ2v) is 8.30. The number of thiophene rings is 1. The molecule has 0 saturated heterocycles. The number of fused-ring (bicyclic) bond motifs is 1. The number of benzene rings is 2. The highest BCUT2D eigenvalue weighted by molar-refractivity contribution is 7.17. The average molecular weight is 422 g/mol. The van der Waals surface area contributed by atoms with Crippen LogP contribution >= 0.6 is 11.3 Å². The Labute approximate surface area is 179 Å². The Bertz CT molecular complexity index is 1030. The van der Waals surface area contributed by atoms with Crippen LogP contribution in [0.3, 0.4) is 0 Å². The molecule has 1 amide bonds. The van der Waals surface area contributed by atoms with E-state index in [1.807, 2.05) is 24.3 Å².